The van der Waals surface area contributed by atoms with Crippen molar-refractivity contribution in [1.82, 2.24) is 10.6 Å². The van der Waals surface area contributed by atoms with Crippen molar-refractivity contribution in [2.24, 2.45) is 5.73 Å². The molecule has 3 aromatic carbocycles. The molecule has 0 saturated heterocycles. The highest BCUT2D eigenvalue weighted by molar-refractivity contribution is 6.00. The Bertz CT molecular complexity index is 1150. The van der Waals surface area contributed by atoms with Crippen LogP contribution in [0.2, 0.25) is 0 Å². The zero-order chi connectivity index (χ0) is 23.3. The van der Waals surface area contributed by atoms with E-state index in [9.17, 15) is 14.4 Å². The van der Waals surface area contributed by atoms with Gasteiger partial charge in [-0.2, -0.15) is 0 Å². The SMILES string of the molecule is CC(=O)N[C@@H](CN)C(=O)Nc1ccc(C)c(C(=O)N[C@H](C)c2cccc3ccccc23)c1. The smallest absolute Gasteiger partial charge is 0.252 e. The molecule has 0 unspecified atom stereocenters. The third-order valence-corrected chi connectivity index (χ3v) is 5.32. The predicted molar refractivity (Wildman–Crippen MR) is 126 cm³/mol. The summed E-state index contributed by atoms with van der Waals surface area (Å²) in [5, 5.41) is 10.5. The first-order valence-electron chi connectivity index (χ1n) is 10.5. The Morgan fingerprint density at radius 2 is 1.69 bits per heavy atom. The number of hydrogen-bond donors (Lipinski definition) is 4. The van der Waals surface area contributed by atoms with E-state index in [4.69, 9.17) is 5.73 Å². The van der Waals surface area contributed by atoms with Gasteiger partial charge in [-0.3, -0.25) is 14.4 Å². The molecule has 2 atom stereocenters. The van der Waals surface area contributed by atoms with Crippen molar-refractivity contribution < 1.29 is 14.4 Å². The summed E-state index contributed by atoms with van der Waals surface area (Å²) >= 11 is 0. The van der Waals surface area contributed by atoms with E-state index in [0.717, 1.165) is 21.9 Å². The van der Waals surface area contributed by atoms with Crippen molar-refractivity contribution in [3.05, 3.63) is 77.4 Å². The fraction of sp³-hybridized carbons (Fsp3) is 0.240. The Labute approximate surface area is 187 Å². The van der Waals surface area contributed by atoms with Crippen LogP contribution in [-0.4, -0.2) is 30.3 Å². The lowest BCUT2D eigenvalue weighted by Crippen LogP contribution is -2.47. The zero-order valence-corrected chi connectivity index (χ0v) is 18.4. The number of nitrogens with one attached hydrogen (secondary N) is 3. The van der Waals surface area contributed by atoms with Crippen LogP contribution in [0.1, 0.15) is 41.4 Å². The average molecular weight is 433 g/mol. The van der Waals surface area contributed by atoms with Gasteiger partial charge in [0.1, 0.15) is 6.04 Å². The highest BCUT2D eigenvalue weighted by Crippen LogP contribution is 2.25. The fourth-order valence-electron chi connectivity index (χ4n) is 3.63. The normalized spacial score (nSPS) is 12.6. The lowest BCUT2D eigenvalue weighted by Gasteiger charge is -2.19. The first kappa shape index (κ1) is 23.0. The van der Waals surface area contributed by atoms with Gasteiger partial charge < -0.3 is 21.7 Å². The number of hydrogen-bond acceptors (Lipinski definition) is 4. The topological polar surface area (TPSA) is 113 Å². The minimum atomic E-state index is -0.850. The van der Waals surface area contributed by atoms with Crippen LogP contribution in [0, 0.1) is 6.92 Å². The third kappa shape index (κ3) is 5.31. The van der Waals surface area contributed by atoms with E-state index in [1.807, 2.05) is 56.3 Å². The van der Waals surface area contributed by atoms with Crippen molar-refractivity contribution in [3.8, 4) is 0 Å². The molecule has 0 saturated carbocycles. The van der Waals surface area contributed by atoms with Crippen molar-refractivity contribution in [2.45, 2.75) is 32.9 Å². The van der Waals surface area contributed by atoms with Gasteiger partial charge in [0.05, 0.1) is 6.04 Å². The molecule has 7 heteroatoms. The van der Waals surface area contributed by atoms with Gasteiger partial charge in [-0.15, -0.1) is 0 Å². The molecule has 5 N–H and O–H groups in total. The van der Waals surface area contributed by atoms with Gasteiger partial charge in [0.2, 0.25) is 11.8 Å². The average Bonchev–Trinajstić information content (AvgIpc) is 2.77. The fourth-order valence-corrected chi connectivity index (χ4v) is 3.63. The second-order valence-electron chi connectivity index (χ2n) is 7.77. The molecule has 3 rings (SSSR count). The number of anilines is 1. The molecular weight excluding hydrogens is 404 g/mol. The van der Waals surface area contributed by atoms with Gasteiger partial charge in [-0.25, -0.2) is 0 Å². The van der Waals surface area contributed by atoms with Crippen LogP contribution in [0.15, 0.2) is 60.7 Å². The maximum atomic E-state index is 13.1. The molecule has 0 aliphatic heterocycles. The molecule has 7 nitrogen and oxygen atoms in total. The summed E-state index contributed by atoms with van der Waals surface area (Å²) in [6, 6.07) is 18.1. The monoisotopic (exact) mass is 432 g/mol. The molecule has 0 aromatic heterocycles. The number of carbonyl (C=O) groups excluding carboxylic acids is 3. The van der Waals surface area contributed by atoms with E-state index >= 15 is 0 Å². The first-order valence-corrected chi connectivity index (χ1v) is 10.5. The maximum Gasteiger partial charge on any atom is 0.252 e. The molecular formula is C25H28N4O3. The molecule has 0 spiro atoms. The van der Waals surface area contributed by atoms with Gasteiger partial charge in [-0.1, -0.05) is 48.5 Å². The summed E-state index contributed by atoms with van der Waals surface area (Å²) < 4.78 is 0. The van der Waals surface area contributed by atoms with Crippen LogP contribution < -0.4 is 21.7 Å². The molecule has 166 valence electrons. The molecule has 32 heavy (non-hydrogen) atoms. The van der Waals surface area contributed by atoms with E-state index < -0.39 is 11.9 Å². The lowest BCUT2D eigenvalue weighted by atomic mass is 9.99. The minimum Gasteiger partial charge on any atom is -0.345 e. The number of fused-ring (bicyclic) bond motifs is 1. The molecule has 0 aliphatic rings. The van der Waals surface area contributed by atoms with E-state index in [1.165, 1.54) is 6.92 Å². The van der Waals surface area contributed by atoms with Crippen LogP contribution in [0.3, 0.4) is 0 Å². The molecule has 0 fully saturated rings. The van der Waals surface area contributed by atoms with Crippen LogP contribution in [0.25, 0.3) is 10.8 Å². The number of nitrogens with two attached hydrogens (primary N) is 1. The van der Waals surface area contributed by atoms with Crippen molar-refractivity contribution in [3.63, 3.8) is 0 Å². The van der Waals surface area contributed by atoms with Gasteiger partial charge in [0.15, 0.2) is 0 Å². The largest absolute Gasteiger partial charge is 0.345 e. The van der Waals surface area contributed by atoms with E-state index in [1.54, 1.807) is 18.2 Å². The summed E-state index contributed by atoms with van der Waals surface area (Å²) in [5.74, 6) is -1.03. The second-order valence-corrected chi connectivity index (χ2v) is 7.77. The summed E-state index contributed by atoms with van der Waals surface area (Å²) in [6.45, 7) is 5.07. The standard InChI is InChI=1S/C25H28N4O3/c1-15-11-12-19(29-25(32)23(14-26)28-17(3)30)13-22(15)24(31)27-16(2)20-10-6-8-18-7-4-5-9-21(18)20/h4-13,16,23H,14,26H2,1-3H3,(H,27,31)(H,28,30)(H,29,32)/t16-,23+/m1/s1. The number of rotatable bonds is 7. The van der Waals surface area contributed by atoms with E-state index in [0.29, 0.717) is 11.3 Å². The highest BCUT2D eigenvalue weighted by atomic mass is 16.2. The van der Waals surface area contributed by atoms with Gasteiger partial charge in [-0.05, 0) is 47.9 Å². The Hall–Kier alpha value is -3.71. The quantitative estimate of drug-likeness (QED) is 0.459. The summed E-state index contributed by atoms with van der Waals surface area (Å²) in [6.07, 6.45) is 0. The van der Waals surface area contributed by atoms with Crippen molar-refractivity contribution >= 4 is 34.2 Å². The Balaban J connectivity index is 1.78. The van der Waals surface area contributed by atoms with Crippen molar-refractivity contribution in [2.75, 3.05) is 11.9 Å². The summed E-state index contributed by atoms with van der Waals surface area (Å²) in [4.78, 5) is 36.7. The number of amides is 3. The van der Waals surface area contributed by atoms with Gasteiger partial charge in [0, 0.05) is 24.7 Å². The number of aryl methyl sites for hydroxylation is 1. The molecule has 0 heterocycles. The van der Waals surface area contributed by atoms with Crippen LogP contribution in [0.5, 0.6) is 0 Å². The predicted octanol–water partition coefficient (Wildman–Crippen LogP) is 3.04. The molecule has 3 aromatic rings. The van der Waals surface area contributed by atoms with E-state index in [-0.39, 0.29) is 24.4 Å². The third-order valence-electron chi connectivity index (χ3n) is 5.32. The van der Waals surface area contributed by atoms with E-state index in [2.05, 4.69) is 16.0 Å². The Kier molecular flexibility index (Phi) is 7.22. The summed E-state index contributed by atoms with van der Waals surface area (Å²) in [7, 11) is 0. The van der Waals surface area contributed by atoms with Crippen LogP contribution in [-0.2, 0) is 9.59 Å². The number of benzene rings is 3. The van der Waals surface area contributed by atoms with Crippen LogP contribution in [0.4, 0.5) is 5.69 Å². The van der Waals surface area contributed by atoms with Crippen LogP contribution >= 0.6 is 0 Å². The number of carbonyl (C=O) groups is 3. The Morgan fingerprint density at radius 3 is 2.41 bits per heavy atom. The summed E-state index contributed by atoms with van der Waals surface area (Å²) in [5.41, 5.74) is 8.30. The highest BCUT2D eigenvalue weighted by Gasteiger charge is 2.19. The zero-order valence-electron chi connectivity index (χ0n) is 18.4. The molecule has 0 bridgehead atoms. The lowest BCUT2D eigenvalue weighted by molar-refractivity contribution is -0.125. The molecule has 0 aliphatic carbocycles. The van der Waals surface area contributed by atoms with Crippen molar-refractivity contribution in [1.29, 1.82) is 0 Å². The molecule has 0 radical (unpaired) electrons. The molecule has 3 amide bonds. The maximum absolute atomic E-state index is 13.1. The van der Waals surface area contributed by atoms with Gasteiger partial charge >= 0.3 is 0 Å². The minimum absolute atomic E-state index is 0.0346. The Morgan fingerprint density at radius 1 is 0.969 bits per heavy atom. The second kappa shape index (κ2) is 10.1. The first-order chi connectivity index (χ1) is 15.3. The van der Waals surface area contributed by atoms with Gasteiger partial charge in [0.25, 0.3) is 5.91 Å².